The summed E-state index contributed by atoms with van der Waals surface area (Å²) in [6, 6.07) is 8.40. The molecule has 0 aliphatic carbocycles. The van der Waals surface area contributed by atoms with Crippen molar-refractivity contribution in [2.24, 2.45) is 0 Å². The number of benzene rings is 1. The Balaban J connectivity index is 1.50. The number of fused-ring (bicyclic) bond motifs is 1. The maximum atomic E-state index is 12.5. The van der Waals surface area contributed by atoms with Gasteiger partial charge in [0.25, 0.3) is 0 Å². The first-order chi connectivity index (χ1) is 13.4. The van der Waals surface area contributed by atoms with Gasteiger partial charge in [-0.25, -0.2) is 9.48 Å². The van der Waals surface area contributed by atoms with Crippen LogP contribution in [0.5, 0.6) is 0 Å². The average molecular weight is 386 g/mol. The molecule has 1 unspecified atom stereocenters. The third kappa shape index (κ3) is 5.32. The van der Waals surface area contributed by atoms with Gasteiger partial charge in [0.15, 0.2) is 0 Å². The Bertz CT molecular complexity index is 851. The van der Waals surface area contributed by atoms with Crippen molar-refractivity contribution < 1.29 is 4.79 Å². The van der Waals surface area contributed by atoms with Crippen LogP contribution in [0.3, 0.4) is 0 Å². The first-order valence-corrected chi connectivity index (χ1v) is 10.1. The number of hydrogen-bond acceptors (Lipinski definition) is 4. The highest BCUT2D eigenvalue weighted by atomic mass is 16.2. The Hall–Kier alpha value is -2.41. The van der Waals surface area contributed by atoms with E-state index < -0.39 is 0 Å². The quantitative estimate of drug-likeness (QED) is 0.781. The fourth-order valence-electron chi connectivity index (χ4n) is 3.53. The smallest absolute Gasteiger partial charge is 0.345 e. The molecule has 0 spiro atoms. The van der Waals surface area contributed by atoms with E-state index >= 15 is 0 Å². The Morgan fingerprint density at radius 2 is 2.00 bits per heavy atom. The Morgan fingerprint density at radius 3 is 2.71 bits per heavy atom. The lowest BCUT2D eigenvalue weighted by Gasteiger charge is -2.16. The molecule has 0 radical (unpaired) electrons. The van der Waals surface area contributed by atoms with Crippen LogP contribution in [-0.2, 0) is 30.7 Å². The van der Waals surface area contributed by atoms with E-state index in [1.54, 1.807) is 9.25 Å². The number of nitrogens with zero attached hydrogens (tertiary/aromatic N) is 4. The van der Waals surface area contributed by atoms with E-state index in [1.165, 1.54) is 11.1 Å². The van der Waals surface area contributed by atoms with Gasteiger partial charge in [0.1, 0.15) is 5.82 Å². The second kappa shape index (κ2) is 9.19. The summed E-state index contributed by atoms with van der Waals surface area (Å²) in [4.78, 5) is 26.9. The summed E-state index contributed by atoms with van der Waals surface area (Å²) in [5.74, 6) is 0.911. The Kier molecular flexibility index (Phi) is 6.67. The van der Waals surface area contributed by atoms with Gasteiger partial charge in [-0.1, -0.05) is 29.8 Å². The van der Waals surface area contributed by atoms with Crippen molar-refractivity contribution in [1.82, 2.24) is 24.6 Å². The fraction of sp³-hybridized carbons (Fsp3) is 0.571. The van der Waals surface area contributed by atoms with Crippen molar-refractivity contribution in [2.75, 3.05) is 20.6 Å². The molecule has 0 fully saturated rings. The van der Waals surface area contributed by atoms with Crippen LogP contribution in [0.4, 0.5) is 0 Å². The lowest BCUT2D eigenvalue weighted by molar-refractivity contribution is -0.121. The zero-order chi connectivity index (χ0) is 20.1. The first kappa shape index (κ1) is 20.3. The monoisotopic (exact) mass is 385 g/mol. The van der Waals surface area contributed by atoms with Gasteiger partial charge in [0.05, 0.1) is 6.54 Å². The largest absolute Gasteiger partial charge is 0.353 e. The number of carbonyl (C=O) groups is 1. The minimum absolute atomic E-state index is 0.0387. The summed E-state index contributed by atoms with van der Waals surface area (Å²) in [5.41, 5.74) is 2.37. The molecule has 2 heterocycles. The molecule has 7 nitrogen and oxygen atoms in total. The van der Waals surface area contributed by atoms with Crippen LogP contribution in [-0.4, -0.2) is 51.8 Å². The maximum absolute atomic E-state index is 12.5. The van der Waals surface area contributed by atoms with Crippen LogP contribution in [0.1, 0.15) is 36.2 Å². The highest BCUT2D eigenvalue weighted by molar-refractivity contribution is 5.76. The molecule has 0 saturated heterocycles. The van der Waals surface area contributed by atoms with Crippen LogP contribution in [0.15, 0.2) is 29.1 Å². The van der Waals surface area contributed by atoms with Crippen molar-refractivity contribution in [3.8, 4) is 0 Å². The summed E-state index contributed by atoms with van der Waals surface area (Å²) in [6.07, 6.45) is 3.54. The van der Waals surface area contributed by atoms with Crippen LogP contribution in [0.2, 0.25) is 0 Å². The number of rotatable bonds is 7. The third-order valence-electron chi connectivity index (χ3n) is 5.30. The highest BCUT2D eigenvalue weighted by Gasteiger charge is 2.22. The fourth-order valence-corrected chi connectivity index (χ4v) is 3.53. The zero-order valence-corrected chi connectivity index (χ0v) is 17.1. The van der Waals surface area contributed by atoms with Crippen LogP contribution >= 0.6 is 0 Å². The van der Waals surface area contributed by atoms with E-state index in [1.807, 2.05) is 19.0 Å². The average Bonchev–Trinajstić information content (AvgIpc) is 2.82. The van der Waals surface area contributed by atoms with E-state index in [-0.39, 0.29) is 17.6 Å². The molecule has 1 N–H and O–H groups in total. The number of nitrogens with one attached hydrogen (secondary N) is 1. The predicted molar refractivity (Wildman–Crippen MR) is 109 cm³/mol. The third-order valence-corrected chi connectivity index (χ3v) is 5.30. The standard InChI is InChI=1S/C21H31N5O2/c1-16-4-6-17(7-5-16)8-11-20(27)22-18-9-10-19-23-26(15-14-24(2)3)21(28)25(19)13-12-18/h4-7,18H,8-15H2,1-3H3,(H,22,27). The van der Waals surface area contributed by atoms with Crippen LogP contribution < -0.4 is 11.0 Å². The van der Waals surface area contributed by atoms with Gasteiger partial charge in [-0.3, -0.25) is 9.36 Å². The molecule has 0 bridgehead atoms. The van der Waals surface area contributed by atoms with Gasteiger partial charge in [-0.2, -0.15) is 5.10 Å². The Labute approximate surface area is 166 Å². The number of hydrogen-bond donors (Lipinski definition) is 1. The summed E-state index contributed by atoms with van der Waals surface area (Å²) in [6.45, 7) is 4.06. The predicted octanol–water partition coefficient (Wildman–Crippen LogP) is 1.37. The SMILES string of the molecule is Cc1ccc(CCC(=O)NC2CCc3nn(CCN(C)C)c(=O)n3CC2)cc1. The number of likely N-dealkylation sites (N-methyl/N-ethyl adjacent to an activating group) is 1. The molecule has 2 aromatic rings. The molecular formula is C21H31N5O2. The molecule has 1 aliphatic heterocycles. The van der Waals surface area contributed by atoms with E-state index in [4.69, 9.17) is 0 Å². The maximum Gasteiger partial charge on any atom is 0.345 e. The van der Waals surface area contributed by atoms with E-state index in [0.717, 1.165) is 31.6 Å². The van der Waals surface area contributed by atoms with E-state index in [9.17, 15) is 9.59 Å². The molecule has 28 heavy (non-hydrogen) atoms. The molecule has 1 aliphatic rings. The first-order valence-electron chi connectivity index (χ1n) is 10.1. The summed E-state index contributed by atoms with van der Waals surface area (Å²) in [7, 11) is 3.97. The highest BCUT2D eigenvalue weighted by Crippen LogP contribution is 2.13. The minimum atomic E-state index is -0.0387. The van der Waals surface area contributed by atoms with E-state index in [0.29, 0.717) is 25.9 Å². The minimum Gasteiger partial charge on any atom is -0.353 e. The number of carbonyl (C=O) groups excluding carboxylic acids is 1. The van der Waals surface area contributed by atoms with Crippen molar-refractivity contribution in [3.63, 3.8) is 0 Å². The molecule has 3 rings (SSSR count). The molecule has 1 atom stereocenters. The van der Waals surface area contributed by atoms with Crippen LogP contribution in [0.25, 0.3) is 0 Å². The molecule has 152 valence electrons. The zero-order valence-electron chi connectivity index (χ0n) is 17.1. The summed E-state index contributed by atoms with van der Waals surface area (Å²) >= 11 is 0. The molecule has 7 heteroatoms. The molecule has 1 amide bonds. The molecule has 0 saturated carbocycles. The van der Waals surface area contributed by atoms with Crippen LogP contribution in [0, 0.1) is 6.92 Å². The molecule has 1 aromatic heterocycles. The topological polar surface area (TPSA) is 72.2 Å². The molecular weight excluding hydrogens is 354 g/mol. The summed E-state index contributed by atoms with van der Waals surface area (Å²) < 4.78 is 3.34. The second-order valence-corrected chi connectivity index (χ2v) is 7.95. The lowest BCUT2D eigenvalue weighted by Crippen LogP contribution is -2.36. The number of aromatic nitrogens is 3. The van der Waals surface area contributed by atoms with Crippen molar-refractivity contribution in [2.45, 2.75) is 58.2 Å². The van der Waals surface area contributed by atoms with Gasteiger partial charge < -0.3 is 10.2 Å². The number of amides is 1. The summed E-state index contributed by atoms with van der Waals surface area (Å²) in [5, 5.41) is 7.65. The van der Waals surface area contributed by atoms with Gasteiger partial charge >= 0.3 is 5.69 Å². The van der Waals surface area contributed by atoms with Gasteiger partial charge in [0, 0.05) is 32.0 Å². The molecule has 1 aromatic carbocycles. The lowest BCUT2D eigenvalue weighted by atomic mass is 10.1. The van der Waals surface area contributed by atoms with Gasteiger partial charge in [-0.05, 0) is 45.8 Å². The Morgan fingerprint density at radius 1 is 1.25 bits per heavy atom. The van der Waals surface area contributed by atoms with Crippen molar-refractivity contribution in [3.05, 3.63) is 51.7 Å². The van der Waals surface area contributed by atoms with Gasteiger partial charge in [0.2, 0.25) is 5.91 Å². The normalized spacial score (nSPS) is 16.6. The second-order valence-electron chi connectivity index (χ2n) is 7.95. The van der Waals surface area contributed by atoms with E-state index in [2.05, 4.69) is 41.6 Å². The number of aryl methyl sites for hydroxylation is 3. The van der Waals surface area contributed by atoms with Crippen molar-refractivity contribution in [1.29, 1.82) is 0 Å². The van der Waals surface area contributed by atoms with Crippen molar-refractivity contribution >= 4 is 5.91 Å². The van der Waals surface area contributed by atoms with Gasteiger partial charge in [-0.15, -0.1) is 0 Å².